The molecular weight excluding hydrogens is 352 g/mol. The molecule has 0 amide bonds. The van der Waals surface area contributed by atoms with Crippen molar-refractivity contribution in [2.24, 2.45) is 0 Å². The smallest absolute Gasteiger partial charge is 0.254 e. The highest BCUT2D eigenvalue weighted by atomic mass is 15.4. The molecule has 2 fully saturated rings. The van der Waals surface area contributed by atoms with E-state index >= 15 is 0 Å². The van der Waals surface area contributed by atoms with Crippen molar-refractivity contribution in [2.45, 2.75) is 58.5 Å². The van der Waals surface area contributed by atoms with E-state index < -0.39 is 0 Å². The Hall–Kier alpha value is -2.77. The molecule has 1 saturated heterocycles. The highest BCUT2D eigenvalue weighted by Crippen LogP contribution is 2.36. The summed E-state index contributed by atoms with van der Waals surface area (Å²) >= 11 is 0. The fourth-order valence-corrected chi connectivity index (χ4v) is 4.35. The Kier molecular flexibility index (Phi) is 4.14. The molecular formula is C20H26N8. The molecule has 1 aliphatic carbocycles. The van der Waals surface area contributed by atoms with Gasteiger partial charge in [0.05, 0.1) is 0 Å². The molecule has 5 rings (SSSR count). The Morgan fingerprint density at radius 2 is 1.68 bits per heavy atom. The summed E-state index contributed by atoms with van der Waals surface area (Å²) in [5.41, 5.74) is 3.24. The molecule has 1 saturated carbocycles. The zero-order valence-electron chi connectivity index (χ0n) is 16.7. The van der Waals surface area contributed by atoms with Crippen molar-refractivity contribution in [3.63, 3.8) is 0 Å². The van der Waals surface area contributed by atoms with Crippen molar-refractivity contribution in [1.29, 1.82) is 0 Å². The van der Waals surface area contributed by atoms with Gasteiger partial charge in [0.25, 0.3) is 5.78 Å². The molecule has 0 radical (unpaired) electrons. The van der Waals surface area contributed by atoms with Crippen LogP contribution >= 0.6 is 0 Å². The molecule has 8 heteroatoms. The first-order chi connectivity index (χ1) is 13.6. The normalized spacial score (nSPS) is 18.0. The maximum absolute atomic E-state index is 4.58. The van der Waals surface area contributed by atoms with Crippen LogP contribution in [0.2, 0.25) is 0 Å². The van der Waals surface area contributed by atoms with Crippen LogP contribution in [0.25, 0.3) is 5.78 Å². The standard InChI is InChI=1S/C20H26N8/c1-13-10-18(22-11-21-13)27(16-4-5-16)17-6-8-26(9-7-17)19-14(2)15(3)25-20-23-12-24-28(19)20/h10-12,16-17H,4-9H2,1-3H3. The average molecular weight is 378 g/mol. The number of rotatable bonds is 4. The lowest BCUT2D eigenvalue weighted by Gasteiger charge is -2.40. The van der Waals surface area contributed by atoms with Crippen molar-refractivity contribution in [3.05, 3.63) is 35.7 Å². The van der Waals surface area contributed by atoms with E-state index in [9.17, 15) is 0 Å². The third-order valence-electron chi connectivity index (χ3n) is 6.03. The monoisotopic (exact) mass is 378 g/mol. The van der Waals surface area contributed by atoms with Crippen LogP contribution < -0.4 is 9.80 Å². The molecule has 0 atom stereocenters. The number of aromatic nitrogens is 6. The highest BCUT2D eigenvalue weighted by Gasteiger charge is 2.37. The van der Waals surface area contributed by atoms with Gasteiger partial charge in [0.15, 0.2) is 0 Å². The molecule has 0 spiro atoms. The van der Waals surface area contributed by atoms with Crippen molar-refractivity contribution >= 4 is 17.4 Å². The second kappa shape index (κ2) is 6.68. The van der Waals surface area contributed by atoms with Gasteiger partial charge in [-0.05, 0) is 46.5 Å². The number of nitrogens with zero attached hydrogens (tertiary/aromatic N) is 8. The van der Waals surface area contributed by atoms with Crippen LogP contribution in [0.15, 0.2) is 18.7 Å². The van der Waals surface area contributed by atoms with Gasteiger partial charge in [0, 0.05) is 48.2 Å². The van der Waals surface area contributed by atoms with Crippen LogP contribution in [0, 0.1) is 20.8 Å². The van der Waals surface area contributed by atoms with Gasteiger partial charge in [-0.3, -0.25) is 0 Å². The van der Waals surface area contributed by atoms with Crippen LogP contribution in [-0.2, 0) is 0 Å². The zero-order valence-corrected chi connectivity index (χ0v) is 16.7. The van der Waals surface area contributed by atoms with Crippen LogP contribution in [0.1, 0.15) is 42.6 Å². The highest BCUT2D eigenvalue weighted by molar-refractivity contribution is 5.54. The summed E-state index contributed by atoms with van der Waals surface area (Å²) in [6.45, 7) is 8.21. The molecule has 0 bridgehead atoms. The third-order valence-corrected chi connectivity index (χ3v) is 6.03. The molecule has 3 aromatic heterocycles. The predicted molar refractivity (Wildman–Crippen MR) is 108 cm³/mol. The quantitative estimate of drug-likeness (QED) is 0.690. The maximum atomic E-state index is 4.58. The predicted octanol–water partition coefficient (Wildman–Crippen LogP) is 2.48. The Morgan fingerprint density at radius 1 is 0.929 bits per heavy atom. The van der Waals surface area contributed by atoms with Gasteiger partial charge in [-0.1, -0.05) is 0 Å². The lowest BCUT2D eigenvalue weighted by molar-refractivity contribution is 0.455. The van der Waals surface area contributed by atoms with Crippen LogP contribution in [0.5, 0.6) is 0 Å². The van der Waals surface area contributed by atoms with E-state index in [0.717, 1.165) is 49.0 Å². The topological polar surface area (TPSA) is 75.3 Å². The largest absolute Gasteiger partial charge is 0.356 e. The van der Waals surface area contributed by atoms with Gasteiger partial charge in [0.1, 0.15) is 24.3 Å². The number of aryl methyl sites for hydroxylation is 2. The van der Waals surface area contributed by atoms with E-state index in [4.69, 9.17) is 0 Å². The molecule has 4 heterocycles. The summed E-state index contributed by atoms with van der Waals surface area (Å²) in [4.78, 5) is 22.7. The van der Waals surface area contributed by atoms with E-state index in [1.54, 1.807) is 12.7 Å². The summed E-state index contributed by atoms with van der Waals surface area (Å²) in [5, 5.41) is 4.42. The van der Waals surface area contributed by atoms with Crippen molar-refractivity contribution in [1.82, 2.24) is 29.5 Å². The van der Waals surface area contributed by atoms with Crippen LogP contribution in [0.3, 0.4) is 0 Å². The van der Waals surface area contributed by atoms with Gasteiger partial charge < -0.3 is 9.80 Å². The van der Waals surface area contributed by atoms with E-state index in [1.807, 2.05) is 18.4 Å². The van der Waals surface area contributed by atoms with Crippen molar-refractivity contribution in [3.8, 4) is 0 Å². The Bertz CT molecular complexity index is 1000. The second-order valence-corrected chi connectivity index (χ2v) is 7.99. The summed E-state index contributed by atoms with van der Waals surface area (Å²) in [6, 6.07) is 3.28. The molecule has 0 N–H and O–H groups in total. The lowest BCUT2D eigenvalue weighted by atomic mass is 10.0. The summed E-state index contributed by atoms with van der Waals surface area (Å²) < 4.78 is 1.88. The van der Waals surface area contributed by atoms with Gasteiger partial charge in [-0.15, -0.1) is 0 Å². The van der Waals surface area contributed by atoms with Crippen molar-refractivity contribution in [2.75, 3.05) is 22.9 Å². The van der Waals surface area contributed by atoms with Crippen LogP contribution in [-0.4, -0.2) is 54.7 Å². The number of fused-ring (bicyclic) bond motifs is 1. The Labute approximate surface area is 164 Å². The SMILES string of the molecule is Cc1cc(N(C2CC2)C2CCN(c3c(C)c(C)nc4ncnn34)CC2)ncn1. The molecule has 0 aromatic carbocycles. The Morgan fingerprint density at radius 3 is 2.39 bits per heavy atom. The van der Waals surface area contributed by atoms with E-state index in [0.29, 0.717) is 17.9 Å². The van der Waals surface area contributed by atoms with E-state index in [2.05, 4.69) is 47.8 Å². The average Bonchev–Trinajstić information content (AvgIpc) is 3.41. The first kappa shape index (κ1) is 17.3. The zero-order chi connectivity index (χ0) is 19.3. The summed E-state index contributed by atoms with van der Waals surface area (Å²) in [7, 11) is 0. The molecule has 8 nitrogen and oxygen atoms in total. The fourth-order valence-electron chi connectivity index (χ4n) is 4.35. The fraction of sp³-hybridized carbons (Fsp3) is 0.550. The molecule has 1 aliphatic heterocycles. The number of hydrogen-bond donors (Lipinski definition) is 0. The molecule has 2 aliphatic rings. The minimum atomic E-state index is 0.521. The summed E-state index contributed by atoms with van der Waals surface area (Å²) in [5.74, 6) is 2.90. The van der Waals surface area contributed by atoms with Crippen LogP contribution in [0.4, 0.5) is 11.6 Å². The lowest BCUT2D eigenvalue weighted by Crippen LogP contribution is -2.47. The van der Waals surface area contributed by atoms with Crippen molar-refractivity contribution < 1.29 is 0 Å². The maximum Gasteiger partial charge on any atom is 0.254 e. The first-order valence-corrected chi connectivity index (χ1v) is 10.1. The molecule has 0 unspecified atom stereocenters. The first-order valence-electron chi connectivity index (χ1n) is 10.1. The van der Waals surface area contributed by atoms with E-state index in [-0.39, 0.29) is 0 Å². The summed E-state index contributed by atoms with van der Waals surface area (Å²) in [6.07, 6.45) is 8.04. The molecule has 3 aromatic rings. The third kappa shape index (κ3) is 2.96. The second-order valence-electron chi connectivity index (χ2n) is 7.99. The molecule has 146 valence electrons. The van der Waals surface area contributed by atoms with Gasteiger partial charge in [0.2, 0.25) is 0 Å². The number of hydrogen-bond acceptors (Lipinski definition) is 7. The van der Waals surface area contributed by atoms with Gasteiger partial charge in [-0.2, -0.15) is 14.6 Å². The number of piperidine rings is 1. The minimum Gasteiger partial charge on any atom is -0.356 e. The van der Waals surface area contributed by atoms with Gasteiger partial charge >= 0.3 is 0 Å². The minimum absolute atomic E-state index is 0.521. The number of anilines is 2. The Balaban J connectivity index is 1.39. The molecule has 28 heavy (non-hydrogen) atoms. The van der Waals surface area contributed by atoms with Gasteiger partial charge in [-0.25, -0.2) is 15.0 Å². The van der Waals surface area contributed by atoms with E-state index in [1.165, 1.54) is 18.4 Å².